The molecule has 2 aromatic heterocycles. The van der Waals surface area contributed by atoms with Crippen LogP contribution in [0.2, 0.25) is 0 Å². The number of anilines is 1. The number of likely N-dealkylation sites (tertiary alicyclic amines) is 1. The van der Waals surface area contributed by atoms with Gasteiger partial charge in [-0.2, -0.15) is 0 Å². The summed E-state index contributed by atoms with van der Waals surface area (Å²) in [7, 11) is 1.85. The molecule has 2 aromatic rings. The minimum absolute atomic E-state index is 0.00669. The van der Waals surface area contributed by atoms with E-state index >= 15 is 0 Å². The van der Waals surface area contributed by atoms with E-state index in [1.54, 1.807) is 6.20 Å². The molecular weight excluding hydrogens is 304 g/mol. The van der Waals surface area contributed by atoms with Crippen LogP contribution in [0.4, 0.5) is 5.82 Å². The van der Waals surface area contributed by atoms with Gasteiger partial charge in [0.15, 0.2) is 5.69 Å². The Balaban J connectivity index is 1.62. The second-order valence-corrected chi connectivity index (χ2v) is 6.52. The number of amides is 1. The number of pyridine rings is 1. The van der Waals surface area contributed by atoms with Crippen LogP contribution in [-0.4, -0.2) is 34.5 Å². The first-order valence-corrected chi connectivity index (χ1v) is 8.70. The summed E-state index contributed by atoms with van der Waals surface area (Å²) in [5.41, 5.74) is 2.68. The SMILES string of the molecule is CNc1cc([C@H]2CCCN2C(=O)c2noc3c2CCCC3)ccn1. The summed E-state index contributed by atoms with van der Waals surface area (Å²) in [4.78, 5) is 19.3. The highest BCUT2D eigenvalue weighted by Crippen LogP contribution is 2.35. The molecule has 0 radical (unpaired) electrons. The number of aryl methyl sites for hydroxylation is 1. The van der Waals surface area contributed by atoms with Crippen LogP contribution in [0.3, 0.4) is 0 Å². The third-order valence-corrected chi connectivity index (χ3v) is 5.09. The zero-order chi connectivity index (χ0) is 16.5. The molecule has 1 amide bonds. The highest BCUT2D eigenvalue weighted by molar-refractivity contribution is 5.94. The van der Waals surface area contributed by atoms with Crippen LogP contribution in [0.1, 0.15) is 59.1 Å². The largest absolute Gasteiger partial charge is 0.373 e. The lowest BCUT2D eigenvalue weighted by Crippen LogP contribution is -2.31. The van der Waals surface area contributed by atoms with Crippen LogP contribution < -0.4 is 5.32 Å². The second kappa shape index (κ2) is 6.26. The first kappa shape index (κ1) is 15.2. The average molecular weight is 326 g/mol. The lowest BCUT2D eigenvalue weighted by Gasteiger charge is -2.25. The van der Waals surface area contributed by atoms with Gasteiger partial charge in [0.2, 0.25) is 0 Å². The molecule has 0 saturated carbocycles. The fraction of sp³-hybridized carbons (Fsp3) is 0.500. The van der Waals surface area contributed by atoms with E-state index in [1.807, 2.05) is 24.1 Å². The Morgan fingerprint density at radius 1 is 1.33 bits per heavy atom. The minimum Gasteiger partial charge on any atom is -0.373 e. The lowest BCUT2D eigenvalue weighted by molar-refractivity contribution is 0.0724. The molecule has 1 atom stereocenters. The number of nitrogens with one attached hydrogen (secondary N) is 1. The molecule has 6 nitrogen and oxygen atoms in total. The van der Waals surface area contributed by atoms with Crippen molar-refractivity contribution in [2.75, 3.05) is 18.9 Å². The van der Waals surface area contributed by atoms with Gasteiger partial charge in [-0.3, -0.25) is 4.79 Å². The summed E-state index contributed by atoms with van der Waals surface area (Å²) >= 11 is 0. The maximum atomic E-state index is 13.1. The first-order chi connectivity index (χ1) is 11.8. The molecular formula is C18H22N4O2. The molecule has 6 heteroatoms. The minimum atomic E-state index is 0.00669. The van der Waals surface area contributed by atoms with Crippen molar-refractivity contribution in [2.24, 2.45) is 0 Å². The topological polar surface area (TPSA) is 71.3 Å². The summed E-state index contributed by atoms with van der Waals surface area (Å²) in [6, 6.07) is 4.10. The third-order valence-electron chi connectivity index (χ3n) is 5.09. The normalized spacial score (nSPS) is 20.0. The molecule has 2 aliphatic rings. The molecule has 4 rings (SSSR count). The first-order valence-electron chi connectivity index (χ1n) is 8.70. The Hall–Kier alpha value is -2.37. The van der Waals surface area contributed by atoms with Gasteiger partial charge < -0.3 is 14.7 Å². The zero-order valence-electron chi connectivity index (χ0n) is 13.9. The van der Waals surface area contributed by atoms with E-state index in [1.165, 1.54) is 0 Å². The molecule has 1 aliphatic carbocycles. The van der Waals surface area contributed by atoms with E-state index < -0.39 is 0 Å². The molecule has 1 fully saturated rings. The van der Waals surface area contributed by atoms with Gasteiger partial charge >= 0.3 is 0 Å². The van der Waals surface area contributed by atoms with Gasteiger partial charge in [0.1, 0.15) is 11.6 Å². The Labute approximate surface area is 141 Å². The van der Waals surface area contributed by atoms with Crippen molar-refractivity contribution < 1.29 is 9.32 Å². The van der Waals surface area contributed by atoms with E-state index in [2.05, 4.69) is 15.5 Å². The Morgan fingerprint density at radius 3 is 3.08 bits per heavy atom. The van der Waals surface area contributed by atoms with Gasteiger partial charge in [-0.15, -0.1) is 0 Å². The van der Waals surface area contributed by atoms with Crippen molar-refractivity contribution in [3.63, 3.8) is 0 Å². The van der Waals surface area contributed by atoms with E-state index in [0.717, 1.165) is 67.8 Å². The molecule has 0 unspecified atom stereocenters. The van der Waals surface area contributed by atoms with Crippen LogP contribution in [0.25, 0.3) is 0 Å². The standard InChI is InChI=1S/C18H22N4O2/c1-19-16-11-12(8-9-20-16)14-6-4-10-22(14)18(23)17-13-5-2-3-7-15(13)24-21-17/h8-9,11,14H,2-7,10H2,1H3,(H,19,20)/t14-/m1/s1. The number of aromatic nitrogens is 2. The maximum Gasteiger partial charge on any atom is 0.276 e. The maximum absolute atomic E-state index is 13.1. The summed E-state index contributed by atoms with van der Waals surface area (Å²) in [6.07, 6.45) is 7.79. The van der Waals surface area contributed by atoms with Crippen molar-refractivity contribution in [2.45, 2.75) is 44.6 Å². The fourth-order valence-corrected chi connectivity index (χ4v) is 3.84. The quantitative estimate of drug-likeness (QED) is 0.939. The number of hydrogen-bond donors (Lipinski definition) is 1. The average Bonchev–Trinajstić information content (AvgIpc) is 3.28. The van der Waals surface area contributed by atoms with Gasteiger partial charge in [-0.25, -0.2) is 4.98 Å². The highest BCUT2D eigenvalue weighted by Gasteiger charge is 2.34. The van der Waals surface area contributed by atoms with Crippen molar-refractivity contribution >= 4 is 11.7 Å². The van der Waals surface area contributed by atoms with Crippen molar-refractivity contribution in [1.82, 2.24) is 15.0 Å². The molecule has 126 valence electrons. The van der Waals surface area contributed by atoms with Crippen LogP contribution in [-0.2, 0) is 12.8 Å². The Kier molecular flexibility index (Phi) is 3.96. The van der Waals surface area contributed by atoms with Crippen molar-refractivity contribution in [3.8, 4) is 0 Å². The number of nitrogens with zero attached hydrogens (tertiary/aromatic N) is 3. The van der Waals surface area contributed by atoms with Crippen molar-refractivity contribution in [3.05, 3.63) is 40.9 Å². The smallest absolute Gasteiger partial charge is 0.276 e. The predicted octanol–water partition coefficient (Wildman–Crippen LogP) is 2.97. The number of carbonyl (C=O) groups is 1. The molecule has 24 heavy (non-hydrogen) atoms. The molecule has 0 spiro atoms. The molecule has 0 aromatic carbocycles. The monoisotopic (exact) mass is 326 g/mol. The van der Waals surface area contributed by atoms with Crippen LogP contribution in [0.15, 0.2) is 22.9 Å². The zero-order valence-corrected chi connectivity index (χ0v) is 13.9. The Morgan fingerprint density at radius 2 is 2.21 bits per heavy atom. The Bertz CT molecular complexity index is 755. The number of carbonyl (C=O) groups excluding carboxylic acids is 1. The number of hydrogen-bond acceptors (Lipinski definition) is 5. The molecule has 0 bridgehead atoms. The van der Waals surface area contributed by atoms with Crippen LogP contribution in [0, 0.1) is 0 Å². The van der Waals surface area contributed by atoms with Gasteiger partial charge in [0.25, 0.3) is 5.91 Å². The van der Waals surface area contributed by atoms with Crippen molar-refractivity contribution in [1.29, 1.82) is 0 Å². The molecule has 1 saturated heterocycles. The number of rotatable bonds is 3. The van der Waals surface area contributed by atoms with E-state index in [-0.39, 0.29) is 11.9 Å². The molecule has 1 aliphatic heterocycles. The summed E-state index contributed by atoms with van der Waals surface area (Å²) < 4.78 is 5.43. The van der Waals surface area contributed by atoms with Gasteiger partial charge in [-0.1, -0.05) is 5.16 Å². The van der Waals surface area contributed by atoms with Crippen LogP contribution in [0.5, 0.6) is 0 Å². The third kappa shape index (κ3) is 2.56. The summed E-state index contributed by atoms with van der Waals surface area (Å²) in [5.74, 6) is 1.74. The predicted molar refractivity (Wildman–Crippen MR) is 89.9 cm³/mol. The molecule has 3 heterocycles. The fourth-order valence-electron chi connectivity index (χ4n) is 3.84. The molecule has 1 N–H and O–H groups in total. The highest BCUT2D eigenvalue weighted by atomic mass is 16.5. The van der Waals surface area contributed by atoms with Gasteiger partial charge in [0, 0.05) is 31.8 Å². The summed E-state index contributed by atoms with van der Waals surface area (Å²) in [5, 5.41) is 7.17. The van der Waals surface area contributed by atoms with Gasteiger partial charge in [0.05, 0.1) is 6.04 Å². The lowest BCUT2D eigenvalue weighted by atomic mass is 9.96. The second-order valence-electron chi connectivity index (χ2n) is 6.52. The number of fused-ring (bicyclic) bond motifs is 1. The summed E-state index contributed by atoms with van der Waals surface area (Å²) in [6.45, 7) is 0.766. The van der Waals surface area contributed by atoms with E-state index in [4.69, 9.17) is 4.52 Å². The van der Waals surface area contributed by atoms with Crippen LogP contribution >= 0.6 is 0 Å². The van der Waals surface area contributed by atoms with Gasteiger partial charge in [-0.05, 0) is 49.8 Å². The van der Waals surface area contributed by atoms with E-state index in [0.29, 0.717) is 5.69 Å². The van der Waals surface area contributed by atoms with E-state index in [9.17, 15) is 4.79 Å².